The van der Waals surface area contributed by atoms with Gasteiger partial charge in [-0.25, -0.2) is 0 Å². The van der Waals surface area contributed by atoms with Gasteiger partial charge in [0.2, 0.25) is 0 Å². The maximum Gasteiger partial charge on any atom is 0.196 e. The third-order valence-electron chi connectivity index (χ3n) is 3.48. The lowest BCUT2D eigenvalue weighted by Gasteiger charge is -2.20. The normalized spacial score (nSPS) is 13.8. The van der Waals surface area contributed by atoms with Crippen LogP contribution in [0.3, 0.4) is 0 Å². The van der Waals surface area contributed by atoms with E-state index in [1.54, 1.807) is 0 Å². The van der Waals surface area contributed by atoms with Crippen LogP contribution in [-0.2, 0) is 13.0 Å². The first-order valence-electron chi connectivity index (χ1n) is 6.24. The topological polar surface area (TPSA) is 42.2 Å². The minimum Gasteiger partial charge on any atom is -0.395 e. The van der Waals surface area contributed by atoms with E-state index in [1.807, 2.05) is 36.4 Å². The Labute approximate surface area is 105 Å². The molecule has 2 aromatic rings. The molecular weight excluding hydrogens is 226 g/mol. The zero-order valence-corrected chi connectivity index (χ0v) is 10.1. The highest BCUT2D eigenvalue weighted by atomic mass is 16.3. The van der Waals surface area contributed by atoms with Gasteiger partial charge in [-0.1, -0.05) is 24.3 Å². The predicted octanol–water partition coefficient (Wildman–Crippen LogP) is 1.95. The van der Waals surface area contributed by atoms with Crippen LogP contribution in [0.1, 0.15) is 17.7 Å². The van der Waals surface area contributed by atoms with Gasteiger partial charge >= 0.3 is 0 Å². The number of rotatable bonds is 2. The molecule has 0 radical (unpaired) electrons. The summed E-state index contributed by atoms with van der Waals surface area (Å²) in [6.07, 6.45) is 5.78. The quantitative estimate of drug-likeness (QED) is 0.873. The number of hydrogen-bond acceptors (Lipinski definition) is 2. The van der Waals surface area contributed by atoms with Gasteiger partial charge in [-0.3, -0.25) is 4.79 Å². The van der Waals surface area contributed by atoms with Gasteiger partial charge in [0.1, 0.15) is 0 Å². The summed E-state index contributed by atoms with van der Waals surface area (Å²) < 4.78 is 2.08. The van der Waals surface area contributed by atoms with Crippen LogP contribution in [-0.4, -0.2) is 16.3 Å². The minimum absolute atomic E-state index is 0.0863. The molecule has 18 heavy (non-hydrogen) atoms. The number of aromatic nitrogens is 1. The third-order valence-corrected chi connectivity index (χ3v) is 3.48. The van der Waals surface area contributed by atoms with Crippen LogP contribution in [0.2, 0.25) is 0 Å². The van der Waals surface area contributed by atoms with Crippen LogP contribution in [0.5, 0.6) is 0 Å². The second-order valence-corrected chi connectivity index (χ2v) is 4.52. The van der Waals surface area contributed by atoms with E-state index in [0.717, 1.165) is 35.0 Å². The molecule has 3 rings (SSSR count). The van der Waals surface area contributed by atoms with E-state index in [1.165, 1.54) is 0 Å². The first-order chi connectivity index (χ1) is 8.83. The Morgan fingerprint density at radius 2 is 2.11 bits per heavy atom. The van der Waals surface area contributed by atoms with E-state index >= 15 is 0 Å². The Morgan fingerprint density at radius 3 is 2.94 bits per heavy atom. The van der Waals surface area contributed by atoms with Crippen LogP contribution < -0.4 is 5.43 Å². The predicted molar refractivity (Wildman–Crippen MR) is 72.6 cm³/mol. The van der Waals surface area contributed by atoms with Crippen molar-refractivity contribution in [3.05, 3.63) is 51.8 Å². The highest BCUT2D eigenvalue weighted by molar-refractivity contribution is 5.82. The summed E-state index contributed by atoms with van der Waals surface area (Å²) in [6, 6.07) is 7.62. The molecule has 1 aromatic carbocycles. The Kier molecular flexibility index (Phi) is 2.76. The van der Waals surface area contributed by atoms with E-state index in [9.17, 15) is 9.90 Å². The fourth-order valence-corrected chi connectivity index (χ4v) is 2.69. The smallest absolute Gasteiger partial charge is 0.196 e. The van der Waals surface area contributed by atoms with E-state index in [4.69, 9.17) is 0 Å². The number of aliphatic hydroxyl groups excluding tert-OH is 1. The van der Waals surface area contributed by atoms with Gasteiger partial charge in [-0.05, 0) is 25.0 Å². The van der Waals surface area contributed by atoms with Crippen molar-refractivity contribution in [2.75, 3.05) is 6.61 Å². The monoisotopic (exact) mass is 241 g/mol. The lowest BCUT2D eigenvalue weighted by molar-refractivity contribution is 0.276. The number of benzene rings is 1. The number of aliphatic hydroxyl groups is 1. The fraction of sp³-hybridized carbons (Fsp3) is 0.267. The van der Waals surface area contributed by atoms with Crippen molar-refractivity contribution in [1.29, 1.82) is 0 Å². The van der Waals surface area contributed by atoms with Crippen LogP contribution in [0.25, 0.3) is 17.0 Å². The van der Waals surface area contributed by atoms with E-state index in [2.05, 4.69) is 4.57 Å². The van der Waals surface area contributed by atoms with Gasteiger partial charge in [0.05, 0.1) is 12.1 Å². The first kappa shape index (κ1) is 11.2. The van der Waals surface area contributed by atoms with Crippen molar-refractivity contribution in [2.24, 2.45) is 0 Å². The Balaban J connectivity index is 2.45. The van der Waals surface area contributed by atoms with Gasteiger partial charge < -0.3 is 9.67 Å². The van der Waals surface area contributed by atoms with E-state index in [-0.39, 0.29) is 12.0 Å². The van der Waals surface area contributed by atoms with Crippen LogP contribution in [0.15, 0.2) is 35.1 Å². The molecule has 1 N–H and O–H groups in total. The lowest BCUT2D eigenvalue weighted by Crippen LogP contribution is -2.21. The maximum absolute atomic E-state index is 12.4. The molecule has 3 heteroatoms. The molecule has 0 saturated carbocycles. The van der Waals surface area contributed by atoms with Crippen LogP contribution in [0.4, 0.5) is 0 Å². The highest BCUT2D eigenvalue weighted by Crippen LogP contribution is 2.21. The Hall–Kier alpha value is -1.87. The summed E-state index contributed by atoms with van der Waals surface area (Å²) >= 11 is 0. The van der Waals surface area contributed by atoms with Gasteiger partial charge in [-0.15, -0.1) is 0 Å². The van der Waals surface area contributed by atoms with Crippen molar-refractivity contribution in [1.82, 2.24) is 4.57 Å². The number of allylic oxidation sites excluding steroid dienone is 1. The standard InChI is InChI=1S/C15H15NO2/c17-10-9-16-13-7-3-1-5-11(13)15(18)12-6-2-4-8-14(12)16/h1-3,5-7,17H,4,8-10H2. The third kappa shape index (κ3) is 1.59. The first-order valence-corrected chi connectivity index (χ1v) is 6.24. The number of para-hydroxylation sites is 1. The van der Waals surface area contributed by atoms with Crippen LogP contribution >= 0.6 is 0 Å². The molecule has 1 heterocycles. The molecule has 1 aliphatic rings. The Morgan fingerprint density at radius 1 is 1.28 bits per heavy atom. The molecule has 1 aliphatic carbocycles. The summed E-state index contributed by atoms with van der Waals surface area (Å²) in [5.41, 5.74) is 2.86. The van der Waals surface area contributed by atoms with E-state index < -0.39 is 0 Å². The molecule has 0 fully saturated rings. The number of nitrogens with zero attached hydrogens (tertiary/aromatic N) is 1. The molecule has 0 aliphatic heterocycles. The summed E-state index contributed by atoms with van der Waals surface area (Å²) in [5, 5.41) is 9.97. The summed E-state index contributed by atoms with van der Waals surface area (Å²) in [7, 11) is 0. The van der Waals surface area contributed by atoms with Gasteiger partial charge in [-0.2, -0.15) is 0 Å². The minimum atomic E-state index is 0.0863. The van der Waals surface area contributed by atoms with Gasteiger partial charge in [0.25, 0.3) is 0 Å². The lowest BCUT2D eigenvalue weighted by atomic mass is 9.99. The molecule has 0 unspecified atom stereocenters. The summed E-state index contributed by atoms with van der Waals surface area (Å²) in [5.74, 6) is 0. The number of hydrogen-bond donors (Lipinski definition) is 1. The van der Waals surface area contributed by atoms with Crippen molar-refractivity contribution < 1.29 is 5.11 Å². The molecule has 1 aromatic heterocycles. The maximum atomic E-state index is 12.4. The van der Waals surface area contributed by atoms with Crippen LogP contribution in [0, 0.1) is 0 Å². The molecule has 3 nitrogen and oxygen atoms in total. The summed E-state index contributed by atoms with van der Waals surface area (Å²) in [6.45, 7) is 0.625. The SMILES string of the molecule is O=c1c2c(n(CCO)c3ccccc13)CCC=C2. The second kappa shape index (κ2) is 4.42. The molecule has 92 valence electrons. The van der Waals surface area contributed by atoms with Gasteiger partial charge in [0, 0.05) is 23.2 Å². The summed E-state index contributed by atoms with van der Waals surface area (Å²) in [4.78, 5) is 12.4. The average Bonchev–Trinajstić information content (AvgIpc) is 2.43. The highest BCUT2D eigenvalue weighted by Gasteiger charge is 2.16. The number of pyridine rings is 1. The fourth-order valence-electron chi connectivity index (χ4n) is 2.69. The van der Waals surface area contributed by atoms with Crippen molar-refractivity contribution in [2.45, 2.75) is 19.4 Å². The van der Waals surface area contributed by atoms with Crippen molar-refractivity contribution in [3.8, 4) is 0 Å². The zero-order valence-electron chi connectivity index (χ0n) is 10.1. The average molecular weight is 241 g/mol. The molecular formula is C15H15NO2. The molecule has 0 amide bonds. The molecule has 0 atom stereocenters. The molecule has 0 bridgehead atoms. The van der Waals surface area contributed by atoms with Crippen molar-refractivity contribution in [3.63, 3.8) is 0 Å². The largest absolute Gasteiger partial charge is 0.395 e. The zero-order chi connectivity index (χ0) is 12.5. The van der Waals surface area contributed by atoms with E-state index in [0.29, 0.717) is 6.54 Å². The van der Waals surface area contributed by atoms with Crippen molar-refractivity contribution >= 4 is 17.0 Å². The number of fused-ring (bicyclic) bond motifs is 2. The second-order valence-electron chi connectivity index (χ2n) is 4.52. The molecule has 0 saturated heterocycles. The molecule has 0 spiro atoms. The van der Waals surface area contributed by atoms with Gasteiger partial charge in [0.15, 0.2) is 5.43 Å². The Bertz CT molecular complexity index is 683.